The van der Waals surface area contributed by atoms with Gasteiger partial charge < -0.3 is 24.3 Å². The molecule has 156 valence electrons. The van der Waals surface area contributed by atoms with Crippen molar-refractivity contribution in [3.63, 3.8) is 0 Å². The molecule has 2 aliphatic rings. The third kappa shape index (κ3) is 4.90. The molecule has 0 unspecified atom stereocenters. The Kier molecular flexibility index (Phi) is 7.42. The van der Waals surface area contributed by atoms with Crippen LogP contribution < -0.4 is 14.8 Å². The minimum Gasteiger partial charge on any atom is -0.496 e. The van der Waals surface area contributed by atoms with E-state index >= 15 is 0 Å². The maximum absolute atomic E-state index is 12.0. The van der Waals surface area contributed by atoms with E-state index in [1.54, 1.807) is 14.2 Å². The minimum atomic E-state index is -0.390. The van der Waals surface area contributed by atoms with Crippen molar-refractivity contribution in [3.8, 4) is 11.5 Å². The van der Waals surface area contributed by atoms with Crippen LogP contribution in [0, 0.1) is 0 Å². The van der Waals surface area contributed by atoms with Gasteiger partial charge in [0.25, 0.3) is 0 Å². The molecule has 1 N–H and O–H groups in total. The van der Waals surface area contributed by atoms with Crippen molar-refractivity contribution in [1.82, 2.24) is 10.2 Å². The molecule has 2 saturated heterocycles. The summed E-state index contributed by atoms with van der Waals surface area (Å²) in [5, 5.41) is 2.81. The lowest BCUT2D eigenvalue weighted by Gasteiger charge is -2.52. The van der Waals surface area contributed by atoms with E-state index in [0.717, 1.165) is 47.8 Å². The molecule has 2 aliphatic heterocycles. The maximum Gasteiger partial charge on any atom is 0.407 e. The van der Waals surface area contributed by atoms with Crippen molar-refractivity contribution in [3.05, 3.63) is 22.2 Å². The molecule has 1 aromatic carbocycles. The van der Waals surface area contributed by atoms with Gasteiger partial charge in [-0.25, -0.2) is 4.79 Å². The number of hydrogen-bond donors (Lipinski definition) is 1. The molecule has 0 aromatic heterocycles. The van der Waals surface area contributed by atoms with E-state index in [4.69, 9.17) is 18.9 Å². The van der Waals surface area contributed by atoms with Crippen LogP contribution in [0.25, 0.3) is 0 Å². The van der Waals surface area contributed by atoms with Crippen molar-refractivity contribution >= 4 is 22.0 Å². The van der Waals surface area contributed by atoms with Gasteiger partial charge in [0.05, 0.1) is 37.4 Å². The first-order valence-electron chi connectivity index (χ1n) is 9.72. The highest BCUT2D eigenvalue weighted by Crippen LogP contribution is 2.34. The van der Waals surface area contributed by atoms with E-state index in [9.17, 15) is 4.79 Å². The fourth-order valence-electron chi connectivity index (χ4n) is 3.88. The monoisotopic (exact) mass is 456 g/mol. The lowest BCUT2D eigenvalue weighted by molar-refractivity contribution is -0.158. The van der Waals surface area contributed by atoms with Crippen molar-refractivity contribution < 1.29 is 23.7 Å². The molecule has 3 rings (SSSR count). The molecule has 0 atom stereocenters. The highest BCUT2D eigenvalue weighted by molar-refractivity contribution is 9.10. The number of alkyl carbamates (subject to hydrolysis) is 1. The fraction of sp³-hybridized carbons (Fsp3) is 0.650. The molecule has 0 aliphatic carbocycles. The van der Waals surface area contributed by atoms with E-state index in [0.29, 0.717) is 19.6 Å². The Morgan fingerprint density at radius 2 is 2.04 bits per heavy atom. The molecule has 0 saturated carbocycles. The molecule has 7 nitrogen and oxygen atoms in total. The molecule has 8 heteroatoms. The number of ether oxygens (including phenoxy) is 4. The Morgan fingerprint density at radius 3 is 2.71 bits per heavy atom. The van der Waals surface area contributed by atoms with Gasteiger partial charge in [0.15, 0.2) is 0 Å². The number of rotatable bonds is 8. The quantitative estimate of drug-likeness (QED) is 0.648. The van der Waals surface area contributed by atoms with Gasteiger partial charge in [0.2, 0.25) is 0 Å². The zero-order valence-corrected chi connectivity index (χ0v) is 18.2. The first kappa shape index (κ1) is 21.2. The number of benzene rings is 1. The summed E-state index contributed by atoms with van der Waals surface area (Å²) in [6.45, 7) is 4.27. The first-order valence-corrected chi connectivity index (χ1v) is 10.5. The largest absolute Gasteiger partial charge is 0.496 e. The van der Waals surface area contributed by atoms with Crippen LogP contribution in [-0.4, -0.2) is 70.2 Å². The molecular weight excluding hydrogens is 428 g/mol. The number of halogens is 1. The second-order valence-electron chi connectivity index (χ2n) is 7.27. The highest BCUT2D eigenvalue weighted by Gasteiger charge is 2.44. The number of carbonyl (C=O) groups is 1. The standard InChI is InChI=1S/C20H29BrN2O5/c1-25-17-12-16(21)18(26-2)11-15(17)5-7-22-19(24)28-10-9-23-8-4-3-6-20(23)13-27-14-20/h11-12H,3-10,13-14H2,1-2H3,(H,22,24). The summed E-state index contributed by atoms with van der Waals surface area (Å²) in [6.07, 6.45) is 3.86. The van der Waals surface area contributed by atoms with E-state index in [2.05, 4.69) is 26.1 Å². The number of carbonyl (C=O) groups excluding carboxylic acids is 1. The van der Waals surface area contributed by atoms with Crippen molar-refractivity contribution in [1.29, 1.82) is 0 Å². The summed E-state index contributed by atoms with van der Waals surface area (Å²) in [5.41, 5.74) is 1.15. The van der Waals surface area contributed by atoms with Crippen LogP contribution in [-0.2, 0) is 15.9 Å². The predicted octanol–water partition coefficient (Wildman–Crippen LogP) is 2.99. The van der Waals surface area contributed by atoms with Gasteiger partial charge >= 0.3 is 6.09 Å². The summed E-state index contributed by atoms with van der Waals surface area (Å²) < 4.78 is 22.4. The average Bonchev–Trinajstić information content (AvgIpc) is 2.67. The third-order valence-corrected chi connectivity index (χ3v) is 6.17. The lowest BCUT2D eigenvalue weighted by atomic mass is 9.85. The first-order chi connectivity index (χ1) is 13.6. The second-order valence-corrected chi connectivity index (χ2v) is 8.13. The van der Waals surface area contributed by atoms with Crippen LogP contribution in [0.1, 0.15) is 24.8 Å². The molecular formula is C20H29BrN2O5. The van der Waals surface area contributed by atoms with Crippen LogP contribution in [0.5, 0.6) is 11.5 Å². The normalized spacial score (nSPS) is 18.4. The van der Waals surface area contributed by atoms with E-state index in [-0.39, 0.29) is 11.6 Å². The highest BCUT2D eigenvalue weighted by atomic mass is 79.9. The number of hydrogen-bond acceptors (Lipinski definition) is 6. The van der Waals surface area contributed by atoms with Crippen LogP contribution in [0.15, 0.2) is 16.6 Å². The SMILES string of the molecule is COc1cc(CCNC(=O)OCCN2CCCCC23COC3)c(OC)cc1Br. The van der Waals surface area contributed by atoms with Gasteiger partial charge in [-0.1, -0.05) is 6.42 Å². The second kappa shape index (κ2) is 9.80. The zero-order chi connectivity index (χ0) is 20.0. The molecule has 1 spiro atoms. The Balaban J connectivity index is 1.40. The number of methoxy groups -OCH3 is 2. The summed E-state index contributed by atoms with van der Waals surface area (Å²) in [4.78, 5) is 14.4. The number of amides is 1. The minimum absolute atomic E-state index is 0.190. The van der Waals surface area contributed by atoms with Gasteiger partial charge in [-0.2, -0.15) is 0 Å². The van der Waals surface area contributed by atoms with Crippen molar-refractivity contribution in [2.45, 2.75) is 31.2 Å². The van der Waals surface area contributed by atoms with E-state index < -0.39 is 0 Å². The molecule has 1 aromatic rings. The fourth-order valence-corrected chi connectivity index (χ4v) is 4.37. The van der Waals surface area contributed by atoms with Crippen LogP contribution in [0.4, 0.5) is 4.79 Å². The topological polar surface area (TPSA) is 69.3 Å². The van der Waals surface area contributed by atoms with E-state index in [1.807, 2.05) is 12.1 Å². The number of nitrogens with one attached hydrogen (secondary N) is 1. The Bertz CT molecular complexity index is 681. The van der Waals surface area contributed by atoms with Crippen molar-refractivity contribution in [2.75, 3.05) is 53.7 Å². The van der Waals surface area contributed by atoms with Crippen molar-refractivity contribution in [2.24, 2.45) is 0 Å². The zero-order valence-electron chi connectivity index (χ0n) is 16.6. The number of nitrogens with zero attached hydrogens (tertiary/aromatic N) is 1. The van der Waals surface area contributed by atoms with E-state index in [1.165, 1.54) is 19.3 Å². The third-order valence-electron chi connectivity index (χ3n) is 5.55. The lowest BCUT2D eigenvalue weighted by Crippen LogP contribution is -2.64. The van der Waals surface area contributed by atoms with Gasteiger partial charge in [-0.05, 0) is 59.4 Å². The van der Waals surface area contributed by atoms with Crippen LogP contribution in [0.2, 0.25) is 0 Å². The summed E-state index contributed by atoms with van der Waals surface area (Å²) in [7, 11) is 3.24. The van der Waals surface area contributed by atoms with Gasteiger partial charge in [-0.15, -0.1) is 0 Å². The van der Waals surface area contributed by atoms with Gasteiger partial charge in [0, 0.05) is 13.1 Å². The molecule has 2 fully saturated rings. The molecule has 2 heterocycles. The van der Waals surface area contributed by atoms with Crippen LogP contribution in [0.3, 0.4) is 0 Å². The van der Waals surface area contributed by atoms with Gasteiger partial charge in [0.1, 0.15) is 18.1 Å². The summed E-state index contributed by atoms with van der Waals surface area (Å²) in [6, 6.07) is 3.78. The van der Waals surface area contributed by atoms with Crippen LogP contribution >= 0.6 is 15.9 Å². The Hall–Kier alpha value is -1.51. The van der Waals surface area contributed by atoms with Gasteiger partial charge in [-0.3, -0.25) is 4.90 Å². The Labute approximate surface area is 174 Å². The summed E-state index contributed by atoms with van der Waals surface area (Å²) in [5.74, 6) is 1.48. The predicted molar refractivity (Wildman–Crippen MR) is 109 cm³/mol. The molecule has 0 bridgehead atoms. The number of piperidine rings is 1. The molecule has 28 heavy (non-hydrogen) atoms. The smallest absolute Gasteiger partial charge is 0.407 e. The average molecular weight is 457 g/mol. The molecule has 1 amide bonds. The summed E-state index contributed by atoms with van der Waals surface area (Å²) >= 11 is 3.45. The maximum atomic E-state index is 12.0. The Morgan fingerprint density at radius 1 is 1.25 bits per heavy atom. The molecule has 0 radical (unpaired) electrons. The number of likely N-dealkylation sites (tertiary alicyclic amines) is 1.